The van der Waals surface area contributed by atoms with Gasteiger partial charge in [-0.2, -0.15) is 0 Å². The molecule has 1 aromatic heterocycles. The highest BCUT2D eigenvalue weighted by molar-refractivity contribution is 5.92. The molecule has 1 fully saturated rings. The second-order valence-corrected chi connectivity index (χ2v) is 12.1. The van der Waals surface area contributed by atoms with Gasteiger partial charge in [-0.25, -0.2) is 0 Å². The first-order valence-electron chi connectivity index (χ1n) is 15.6. The minimum atomic E-state index is 0.0399. The average molecular weight is 556 g/mol. The highest BCUT2D eigenvalue weighted by Gasteiger charge is 2.29. The van der Waals surface area contributed by atoms with Crippen LogP contribution in [0.4, 0.5) is 0 Å². The molecule has 0 unspecified atom stereocenters. The molecule has 1 aliphatic rings. The summed E-state index contributed by atoms with van der Waals surface area (Å²) in [6, 6.07) is 19.2. The minimum Gasteiger partial charge on any atom is -0.496 e. The molecule has 220 valence electrons. The largest absolute Gasteiger partial charge is 0.496 e. The van der Waals surface area contributed by atoms with Gasteiger partial charge in [0, 0.05) is 31.9 Å². The third-order valence-electron chi connectivity index (χ3n) is 8.44. The number of unbranched alkanes of at least 4 members (excludes halogenated alkanes) is 2. The van der Waals surface area contributed by atoms with E-state index in [1.165, 1.54) is 31.2 Å². The van der Waals surface area contributed by atoms with Crippen LogP contribution >= 0.6 is 0 Å². The first-order chi connectivity index (χ1) is 19.9. The molecule has 5 nitrogen and oxygen atoms in total. The third-order valence-corrected chi connectivity index (χ3v) is 8.44. The molecule has 2 aromatic carbocycles. The van der Waals surface area contributed by atoms with Crippen LogP contribution in [-0.4, -0.2) is 53.5 Å². The van der Waals surface area contributed by atoms with E-state index in [4.69, 9.17) is 4.74 Å². The number of benzene rings is 2. The van der Waals surface area contributed by atoms with Crippen molar-refractivity contribution < 1.29 is 9.53 Å². The van der Waals surface area contributed by atoms with Gasteiger partial charge in [0.2, 0.25) is 0 Å². The summed E-state index contributed by atoms with van der Waals surface area (Å²) in [4.78, 5) is 23.2. The summed E-state index contributed by atoms with van der Waals surface area (Å²) in [5.41, 5.74) is 6.30. The molecular formula is C36H49N3O2. The fraction of sp³-hybridized carbons (Fsp3) is 0.500. The number of carbonyl (C=O) groups is 1. The zero-order valence-electron chi connectivity index (χ0n) is 25.9. The van der Waals surface area contributed by atoms with E-state index >= 15 is 0 Å². The maximum Gasteiger partial charge on any atom is 0.272 e. The predicted octanol–water partition coefficient (Wildman–Crippen LogP) is 7.95. The molecule has 0 N–H and O–H groups in total. The number of aromatic nitrogens is 1. The lowest BCUT2D eigenvalue weighted by Gasteiger charge is -2.38. The SMILES string of the molecule is CCCCCc1ccc(C(=O)N(Cc2ccc(-c3ccc(C)c(OC)c3)cc2)C2CCN(CCC(C)C)CC2)nc1. The van der Waals surface area contributed by atoms with Gasteiger partial charge in [0.25, 0.3) is 5.91 Å². The van der Waals surface area contributed by atoms with Crippen molar-refractivity contribution in [3.63, 3.8) is 0 Å². The van der Waals surface area contributed by atoms with Gasteiger partial charge < -0.3 is 14.5 Å². The Balaban J connectivity index is 1.50. The Hall–Kier alpha value is -3.18. The van der Waals surface area contributed by atoms with Gasteiger partial charge in [-0.3, -0.25) is 9.78 Å². The molecule has 41 heavy (non-hydrogen) atoms. The molecular weight excluding hydrogens is 506 g/mol. The molecule has 0 bridgehead atoms. The van der Waals surface area contributed by atoms with Crippen molar-refractivity contribution in [3.8, 4) is 16.9 Å². The van der Waals surface area contributed by atoms with Crippen LogP contribution in [0.5, 0.6) is 5.75 Å². The number of methoxy groups -OCH3 is 1. The fourth-order valence-corrected chi connectivity index (χ4v) is 5.69. The number of likely N-dealkylation sites (tertiary alicyclic amines) is 1. The normalized spacial score (nSPS) is 14.4. The second kappa shape index (κ2) is 15.2. The smallest absolute Gasteiger partial charge is 0.272 e. The summed E-state index contributed by atoms with van der Waals surface area (Å²) >= 11 is 0. The van der Waals surface area contributed by atoms with Gasteiger partial charge in [0.05, 0.1) is 7.11 Å². The van der Waals surface area contributed by atoms with E-state index in [0.717, 1.165) is 66.9 Å². The van der Waals surface area contributed by atoms with Crippen molar-refractivity contribution in [2.45, 2.75) is 85.2 Å². The Kier molecular flexibility index (Phi) is 11.4. The molecule has 2 heterocycles. The molecule has 0 saturated carbocycles. The van der Waals surface area contributed by atoms with Crippen LogP contribution < -0.4 is 4.74 Å². The number of aryl methyl sites for hydroxylation is 2. The first kappa shape index (κ1) is 30.8. The minimum absolute atomic E-state index is 0.0399. The summed E-state index contributed by atoms with van der Waals surface area (Å²) in [6.07, 6.45) is 9.74. The van der Waals surface area contributed by atoms with Crippen LogP contribution in [0.2, 0.25) is 0 Å². The number of hydrogen-bond donors (Lipinski definition) is 0. The number of piperidine rings is 1. The van der Waals surface area contributed by atoms with Crippen LogP contribution in [0.3, 0.4) is 0 Å². The van der Waals surface area contributed by atoms with Crippen molar-refractivity contribution in [1.29, 1.82) is 0 Å². The lowest BCUT2D eigenvalue weighted by atomic mass is 9.99. The monoisotopic (exact) mass is 555 g/mol. The van der Waals surface area contributed by atoms with Crippen LogP contribution in [0.15, 0.2) is 60.8 Å². The molecule has 0 atom stereocenters. The van der Waals surface area contributed by atoms with E-state index in [1.54, 1.807) is 7.11 Å². The van der Waals surface area contributed by atoms with Gasteiger partial charge in [-0.1, -0.05) is 76.1 Å². The number of rotatable bonds is 13. The molecule has 5 heteroatoms. The Labute approximate surface area is 247 Å². The van der Waals surface area contributed by atoms with E-state index in [2.05, 4.69) is 91.0 Å². The first-order valence-corrected chi connectivity index (χ1v) is 15.6. The summed E-state index contributed by atoms with van der Waals surface area (Å²) in [6.45, 7) is 12.7. The van der Waals surface area contributed by atoms with E-state index < -0.39 is 0 Å². The predicted molar refractivity (Wildman–Crippen MR) is 169 cm³/mol. The molecule has 3 aromatic rings. The lowest BCUT2D eigenvalue weighted by Crippen LogP contribution is -2.47. The van der Waals surface area contributed by atoms with Crippen molar-refractivity contribution in [2.75, 3.05) is 26.7 Å². The molecule has 4 rings (SSSR count). The van der Waals surface area contributed by atoms with Crippen molar-refractivity contribution in [2.24, 2.45) is 5.92 Å². The van der Waals surface area contributed by atoms with E-state index in [0.29, 0.717) is 18.2 Å². The van der Waals surface area contributed by atoms with Crippen LogP contribution in [0, 0.1) is 12.8 Å². The van der Waals surface area contributed by atoms with Crippen molar-refractivity contribution in [3.05, 3.63) is 83.2 Å². The quantitative estimate of drug-likeness (QED) is 0.201. The number of ether oxygens (including phenoxy) is 1. The lowest BCUT2D eigenvalue weighted by molar-refractivity contribution is 0.0540. The summed E-state index contributed by atoms with van der Waals surface area (Å²) < 4.78 is 5.53. The van der Waals surface area contributed by atoms with Crippen molar-refractivity contribution in [1.82, 2.24) is 14.8 Å². The highest BCUT2D eigenvalue weighted by atomic mass is 16.5. The Morgan fingerprint density at radius 2 is 1.71 bits per heavy atom. The zero-order valence-corrected chi connectivity index (χ0v) is 25.9. The Morgan fingerprint density at radius 3 is 2.34 bits per heavy atom. The maximum absolute atomic E-state index is 13.9. The fourth-order valence-electron chi connectivity index (χ4n) is 5.69. The molecule has 0 aliphatic carbocycles. The van der Waals surface area contributed by atoms with Gasteiger partial charge >= 0.3 is 0 Å². The Morgan fingerprint density at radius 1 is 1.00 bits per heavy atom. The zero-order chi connectivity index (χ0) is 29.2. The van der Waals surface area contributed by atoms with Gasteiger partial charge in [0.15, 0.2) is 0 Å². The van der Waals surface area contributed by atoms with Gasteiger partial charge in [0.1, 0.15) is 11.4 Å². The number of carbonyl (C=O) groups excluding carboxylic acids is 1. The molecule has 1 saturated heterocycles. The highest BCUT2D eigenvalue weighted by Crippen LogP contribution is 2.28. The van der Waals surface area contributed by atoms with Crippen LogP contribution in [0.25, 0.3) is 11.1 Å². The average Bonchev–Trinajstić information content (AvgIpc) is 3.00. The standard InChI is InChI=1S/C36H49N3O2/c1-6-7-8-9-29-13-17-34(37-25-29)36(40)39(33-19-22-38(23-20-33)21-18-27(2)3)26-30-11-15-31(16-12-30)32-14-10-28(4)35(24-32)41-5/h10-17,24-25,27,33H,6-9,18-23,26H2,1-5H3. The number of nitrogens with zero attached hydrogens (tertiary/aromatic N) is 3. The maximum atomic E-state index is 13.9. The Bertz CT molecular complexity index is 1230. The van der Waals surface area contributed by atoms with Crippen molar-refractivity contribution >= 4 is 5.91 Å². The summed E-state index contributed by atoms with van der Waals surface area (Å²) in [5.74, 6) is 1.65. The van der Waals surface area contributed by atoms with Gasteiger partial charge in [-0.05, 0) is 91.4 Å². The molecule has 0 spiro atoms. The number of hydrogen-bond acceptors (Lipinski definition) is 4. The summed E-state index contributed by atoms with van der Waals surface area (Å²) in [5, 5.41) is 0. The third kappa shape index (κ3) is 8.65. The topological polar surface area (TPSA) is 45.7 Å². The van der Waals surface area contributed by atoms with Gasteiger partial charge in [-0.15, -0.1) is 0 Å². The number of pyridine rings is 1. The van der Waals surface area contributed by atoms with E-state index in [9.17, 15) is 4.79 Å². The summed E-state index contributed by atoms with van der Waals surface area (Å²) in [7, 11) is 1.71. The van der Waals surface area contributed by atoms with Crippen LogP contribution in [-0.2, 0) is 13.0 Å². The van der Waals surface area contributed by atoms with E-state index in [-0.39, 0.29) is 11.9 Å². The molecule has 0 radical (unpaired) electrons. The second-order valence-electron chi connectivity index (χ2n) is 12.1. The van der Waals surface area contributed by atoms with Crippen LogP contribution in [0.1, 0.15) is 86.5 Å². The van der Waals surface area contributed by atoms with E-state index in [1.807, 2.05) is 12.3 Å². The molecule has 1 aliphatic heterocycles. The molecule has 1 amide bonds. The number of amides is 1.